The van der Waals surface area contributed by atoms with E-state index in [4.69, 9.17) is 5.73 Å². The van der Waals surface area contributed by atoms with E-state index in [1.807, 2.05) is 20.8 Å². The average molecular weight is 262 g/mol. The Morgan fingerprint density at radius 2 is 1.82 bits per heavy atom. The van der Waals surface area contributed by atoms with E-state index in [9.17, 15) is 8.42 Å². The summed E-state index contributed by atoms with van der Waals surface area (Å²) in [4.78, 5) is 0. The van der Waals surface area contributed by atoms with E-state index in [0.29, 0.717) is 13.0 Å². The second-order valence-electron chi connectivity index (χ2n) is 6.07. The molecule has 102 valence electrons. The number of hydrogen-bond donors (Lipinski definition) is 2. The molecule has 0 aliphatic heterocycles. The van der Waals surface area contributed by atoms with E-state index >= 15 is 0 Å². The van der Waals surface area contributed by atoms with Crippen LogP contribution in [0.1, 0.15) is 52.9 Å². The Labute approximate surface area is 105 Å². The van der Waals surface area contributed by atoms with E-state index in [1.165, 1.54) is 0 Å². The molecule has 17 heavy (non-hydrogen) atoms. The Morgan fingerprint density at radius 3 is 2.24 bits per heavy atom. The van der Waals surface area contributed by atoms with Crippen LogP contribution in [0.3, 0.4) is 0 Å². The van der Waals surface area contributed by atoms with Gasteiger partial charge in [-0.05, 0) is 31.2 Å². The van der Waals surface area contributed by atoms with Crippen molar-refractivity contribution in [2.24, 2.45) is 11.1 Å². The summed E-state index contributed by atoms with van der Waals surface area (Å²) >= 11 is 0. The highest BCUT2D eigenvalue weighted by Gasteiger charge is 2.34. The molecule has 1 rings (SSSR count). The quantitative estimate of drug-likeness (QED) is 0.790. The van der Waals surface area contributed by atoms with E-state index < -0.39 is 10.0 Å². The third kappa shape index (κ3) is 4.23. The summed E-state index contributed by atoms with van der Waals surface area (Å²) in [6, 6.07) is -0.0712. The third-order valence-electron chi connectivity index (χ3n) is 3.55. The number of sulfonamides is 1. The van der Waals surface area contributed by atoms with Crippen molar-refractivity contribution in [2.75, 3.05) is 6.54 Å². The molecule has 0 bridgehead atoms. The summed E-state index contributed by atoms with van der Waals surface area (Å²) in [6.45, 7) is 6.65. The van der Waals surface area contributed by atoms with Gasteiger partial charge in [-0.25, -0.2) is 13.1 Å². The van der Waals surface area contributed by atoms with Gasteiger partial charge in [0, 0.05) is 6.04 Å². The zero-order valence-corrected chi connectivity index (χ0v) is 12.0. The lowest BCUT2D eigenvalue weighted by atomic mass is 9.85. The van der Waals surface area contributed by atoms with Gasteiger partial charge in [-0.1, -0.05) is 33.6 Å². The third-order valence-corrected chi connectivity index (χ3v) is 5.51. The summed E-state index contributed by atoms with van der Waals surface area (Å²) < 4.78 is 27.3. The molecule has 0 aromatic rings. The first kappa shape index (κ1) is 14.9. The molecule has 5 heteroatoms. The molecule has 1 saturated carbocycles. The van der Waals surface area contributed by atoms with Crippen LogP contribution in [-0.4, -0.2) is 26.3 Å². The zero-order valence-electron chi connectivity index (χ0n) is 11.2. The number of nitrogens with two attached hydrogens (primary N) is 1. The minimum atomic E-state index is -3.17. The van der Waals surface area contributed by atoms with Crippen molar-refractivity contribution in [3.05, 3.63) is 0 Å². The Bertz CT molecular complexity index is 327. The van der Waals surface area contributed by atoms with Gasteiger partial charge in [-0.2, -0.15) is 0 Å². The molecule has 0 amide bonds. The molecule has 1 atom stereocenters. The summed E-state index contributed by atoms with van der Waals surface area (Å²) in [5.74, 6) is 0. The highest BCUT2D eigenvalue weighted by atomic mass is 32.2. The highest BCUT2D eigenvalue weighted by molar-refractivity contribution is 7.90. The van der Waals surface area contributed by atoms with Gasteiger partial charge in [0.1, 0.15) is 0 Å². The van der Waals surface area contributed by atoms with Crippen LogP contribution in [0, 0.1) is 5.41 Å². The van der Waals surface area contributed by atoms with E-state index in [2.05, 4.69) is 4.72 Å². The lowest BCUT2D eigenvalue weighted by Gasteiger charge is -2.32. The number of hydrogen-bond acceptors (Lipinski definition) is 3. The van der Waals surface area contributed by atoms with Gasteiger partial charge < -0.3 is 5.73 Å². The maximum absolute atomic E-state index is 12.2. The van der Waals surface area contributed by atoms with Gasteiger partial charge in [0.05, 0.1) is 5.25 Å². The molecule has 0 heterocycles. The largest absolute Gasteiger partial charge is 0.330 e. The summed E-state index contributed by atoms with van der Waals surface area (Å²) in [7, 11) is -3.17. The maximum atomic E-state index is 12.2. The molecule has 1 unspecified atom stereocenters. The van der Waals surface area contributed by atoms with Crippen LogP contribution in [-0.2, 0) is 10.0 Å². The Balaban J connectivity index is 2.72. The van der Waals surface area contributed by atoms with Crippen molar-refractivity contribution in [3.63, 3.8) is 0 Å². The number of nitrogens with one attached hydrogen (secondary N) is 1. The lowest BCUT2D eigenvalue weighted by Crippen LogP contribution is -2.47. The Kier molecular flexibility index (Phi) is 4.98. The van der Waals surface area contributed by atoms with Crippen molar-refractivity contribution in [1.82, 2.24) is 4.72 Å². The van der Waals surface area contributed by atoms with Crippen LogP contribution in [0.25, 0.3) is 0 Å². The van der Waals surface area contributed by atoms with Crippen molar-refractivity contribution in [1.29, 1.82) is 0 Å². The highest BCUT2D eigenvalue weighted by Crippen LogP contribution is 2.27. The molecule has 4 nitrogen and oxygen atoms in total. The topological polar surface area (TPSA) is 72.2 Å². The monoisotopic (exact) mass is 262 g/mol. The van der Waals surface area contributed by atoms with Crippen LogP contribution in [0.2, 0.25) is 0 Å². The smallest absolute Gasteiger partial charge is 0.214 e. The van der Waals surface area contributed by atoms with Crippen LogP contribution in [0.4, 0.5) is 0 Å². The average Bonchev–Trinajstić information content (AvgIpc) is 2.68. The lowest BCUT2D eigenvalue weighted by molar-refractivity contribution is 0.286. The molecule has 0 radical (unpaired) electrons. The Morgan fingerprint density at radius 1 is 1.29 bits per heavy atom. The van der Waals surface area contributed by atoms with Gasteiger partial charge >= 0.3 is 0 Å². The fourth-order valence-electron chi connectivity index (χ4n) is 2.33. The summed E-state index contributed by atoms with van der Waals surface area (Å²) in [5.41, 5.74) is 5.47. The second-order valence-corrected chi connectivity index (χ2v) is 8.06. The molecule has 3 N–H and O–H groups in total. The standard InChI is InChI=1S/C12H26N2O2S/c1-12(2,3)11(8-9-13)14-17(15,16)10-6-4-5-7-10/h10-11,14H,4-9,13H2,1-3H3. The summed E-state index contributed by atoms with van der Waals surface area (Å²) in [6.07, 6.45) is 4.35. The van der Waals surface area contributed by atoms with Crippen LogP contribution < -0.4 is 10.5 Å². The van der Waals surface area contributed by atoms with E-state index in [-0.39, 0.29) is 16.7 Å². The normalized spacial score (nSPS) is 20.7. The minimum Gasteiger partial charge on any atom is -0.330 e. The fourth-order valence-corrected chi connectivity index (χ4v) is 4.34. The second kappa shape index (κ2) is 5.67. The first-order valence-electron chi connectivity index (χ1n) is 6.48. The molecular weight excluding hydrogens is 236 g/mol. The molecule has 0 aromatic heterocycles. The maximum Gasteiger partial charge on any atom is 0.214 e. The van der Waals surface area contributed by atoms with Crippen molar-refractivity contribution in [2.45, 2.75) is 64.2 Å². The molecule has 0 aromatic carbocycles. The Hall–Kier alpha value is -0.130. The SMILES string of the molecule is CC(C)(C)C(CCN)NS(=O)(=O)C1CCCC1. The minimum absolute atomic E-state index is 0.0712. The molecular formula is C12H26N2O2S. The zero-order chi connectivity index (χ0) is 13.1. The van der Waals surface area contributed by atoms with Gasteiger partial charge in [0.25, 0.3) is 0 Å². The number of rotatable bonds is 5. The van der Waals surface area contributed by atoms with Gasteiger partial charge in [-0.15, -0.1) is 0 Å². The summed E-state index contributed by atoms with van der Waals surface area (Å²) in [5, 5.41) is -0.190. The van der Waals surface area contributed by atoms with Crippen LogP contribution in [0.15, 0.2) is 0 Å². The molecule has 0 spiro atoms. The molecule has 1 fully saturated rings. The first-order valence-corrected chi connectivity index (χ1v) is 8.03. The van der Waals surface area contributed by atoms with Crippen molar-refractivity contribution < 1.29 is 8.42 Å². The van der Waals surface area contributed by atoms with Gasteiger partial charge in [0.2, 0.25) is 10.0 Å². The van der Waals surface area contributed by atoms with Crippen LogP contribution >= 0.6 is 0 Å². The van der Waals surface area contributed by atoms with Gasteiger partial charge in [-0.3, -0.25) is 0 Å². The molecule has 1 aliphatic rings. The molecule has 1 aliphatic carbocycles. The van der Waals surface area contributed by atoms with Crippen LogP contribution in [0.5, 0.6) is 0 Å². The van der Waals surface area contributed by atoms with Crippen molar-refractivity contribution in [3.8, 4) is 0 Å². The first-order chi connectivity index (χ1) is 7.77. The van der Waals surface area contributed by atoms with E-state index in [0.717, 1.165) is 25.7 Å². The van der Waals surface area contributed by atoms with Gasteiger partial charge in [0.15, 0.2) is 0 Å². The van der Waals surface area contributed by atoms with E-state index in [1.54, 1.807) is 0 Å². The van der Waals surface area contributed by atoms with Crippen molar-refractivity contribution >= 4 is 10.0 Å². The fraction of sp³-hybridized carbons (Fsp3) is 1.00. The predicted molar refractivity (Wildman–Crippen MR) is 71.2 cm³/mol. The molecule has 0 saturated heterocycles. The predicted octanol–water partition coefficient (Wildman–Crippen LogP) is 1.61.